The molecule has 0 fully saturated rings. The fraction of sp³-hybridized carbons (Fsp3) is 0.120. The summed E-state index contributed by atoms with van der Waals surface area (Å²) >= 11 is 0. The maximum Gasteiger partial charge on any atom is 0.244 e. The van der Waals surface area contributed by atoms with E-state index >= 15 is 0 Å². The maximum absolute atomic E-state index is 9.87. The van der Waals surface area contributed by atoms with Crippen molar-refractivity contribution >= 4 is 10.8 Å². The fourth-order valence-corrected chi connectivity index (χ4v) is 4.07. The number of benzene rings is 3. The van der Waals surface area contributed by atoms with E-state index in [1.807, 2.05) is 49.4 Å². The highest BCUT2D eigenvalue weighted by Crippen LogP contribution is 2.46. The Morgan fingerprint density at radius 1 is 1.10 bits per heavy atom. The van der Waals surface area contributed by atoms with Crippen molar-refractivity contribution in [1.29, 1.82) is 5.26 Å². The minimum Gasteiger partial charge on any atom is -0.494 e. The zero-order valence-electron chi connectivity index (χ0n) is 16.9. The molecule has 0 radical (unpaired) electrons. The van der Waals surface area contributed by atoms with Crippen molar-refractivity contribution in [2.24, 2.45) is 5.73 Å². The second-order valence-corrected chi connectivity index (χ2v) is 7.31. The molecule has 4 aromatic rings. The summed E-state index contributed by atoms with van der Waals surface area (Å²) in [7, 11) is 0. The third-order valence-electron chi connectivity index (χ3n) is 5.50. The second-order valence-electron chi connectivity index (χ2n) is 7.31. The number of rotatable bonds is 4. The summed E-state index contributed by atoms with van der Waals surface area (Å²) in [6.07, 6.45) is 0. The molecular weight excluding hydrogens is 388 g/mol. The first kappa shape index (κ1) is 18.8. The number of hydrogen-bond donors (Lipinski definition) is 2. The summed E-state index contributed by atoms with van der Waals surface area (Å²) < 4.78 is 11.3. The molecule has 31 heavy (non-hydrogen) atoms. The topological polar surface area (TPSA) is 96.9 Å². The van der Waals surface area contributed by atoms with Gasteiger partial charge in [0.15, 0.2) is 0 Å². The van der Waals surface area contributed by atoms with Gasteiger partial charge in [0.1, 0.15) is 17.4 Å². The SMILES string of the molecule is CCOc1ccc(C2C(C#N)=C(N)Oc3n[nH]c(-c4ccc5ccccc5c4)c32)cc1. The Labute approximate surface area is 179 Å². The number of hydrogen-bond acceptors (Lipinski definition) is 5. The predicted octanol–water partition coefficient (Wildman–Crippen LogP) is 4.85. The number of nitrogens with one attached hydrogen (secondary N) is 1. The van der Waals surface area contributed by atoms with Gasteiger partial charge in [0, 0.05) is 5.56 Å². The van der Waals surface area contributed by atoms with Crippen LogP contribution >= 0.6 is 0 Å². The summed E-state index contributed by atoms with van der Waals surface area (Å²) in [6, 6.07) is 24.3. The van der Waals surface area contributed by atoms with Crippen LogP contribution in [0.2, 0.25) is 0 Å². The summed E-state index contributed by atoms with van der Waals surface area (Å²) in [4.78, 5) is 0. The first-order chi connectivity index (χ1) is 15.2. The van der Waals surface area contributed by atoms with E-state index in [0.29, 0.717) is 18.1 Å². The number of fused-ring (bicyclic) bond motifs is 2. The standard InChI is InChI=1S/C25H20N4O2/c1-2-30-19-11-9-16(10-12-19)21-20(14-26)24(27)31-25-22(21)23(28-29-25)18-8-7-15-5-3-4-6-17(15)13-18/h3-13,21H,2,27H2,1H3,(H,28,29). The van der Waals surface area contributed by atoms with Crippen LogP contribution in [0.5, 0.6) is 11.6 Å². The van der Waals surface area contributed by atoms with Gasteiger partial charge in [0.25, 0.3) is 0 Å². The lowest BCUT2D eigenvalue weighted by atomic mass is 9.83. The normalized spacial score (nSPS) is 15.3. The Bertz CT molecular complexity index is 1350. The molecule has 3 aromatic carbocycles. The van der Waals surface area contributed by atoms with E-state index in [0.717, 1.165) is 38.9 Å². The molecular formula is C25H20N4O2. The number of aromatic nitrogens is 2. The van der Waals surface area contributed by atoms with E-state index in [4.69, 9.17) is 15.2 Å². The first-order valence-electron chi connectivity index (χ1n) is 10.1. The number of nitrogens with two attached hydrogens (primary N) is 1. The Balaban J connectivity index is 1.67. The molecule has 6 heteroatoms. The van der Waals surface area contributed by atoms with E-state index in [2.05, 4.69) is 40.5 Å². The van der Waals surface area contributed by atoms with Crippen LogP contribution in [-0.4, -0.2) is 16.8 Å². The van der Waals surface area contributed by atoms with Crippen molar-refractivity contribution in [3.8, 4) is 29.0 Å². The van der Waals surface area contributed by atoms with Gasteiger partial charge >= 0.3 is 0 Å². The van der Waals surface area contributed by atoms with Crippen molar-refractivity contribution in [2.45, 2.75) is 12.8 Å². The van der Waals surface area contributed by atoms with Crippen LogP contribution < -0.4 is 15.2 Å². The average Bonchev–Trinajstić information content (AvgIpc) is 3.22. The molecule has 0 aliphatic carbocycles. The maximum atomic E-state index is 9.87. The van der Waals surface area contributed by atoms with Gasteiger partial charge in [-0.25, -0.2) is 0 Å². The predicted molar refractivity (Wildman–Crippen MR) is 118 cm³/mol. The molecule has 152 valence electrons. The average molecular weight is 408 g/mol. The minimum absolute atomic E-state index is 0.0745. The number of ether oxygens (including phenoxy) is 2. The Morgan fingerprint density at radius 3 is 2.61 bits per heavy atom. The summed E-state index contributed by atoms with van der Waals surface area (Å²) in [5.41, 5.74) is 9.93. The zero-order chi connectivity index (χ0) is 21.4. The van der Waals surface area contributed by atoms with Gasteiger partial charge < -0.3 is 15.2 Å². The van der Waals surface area contributed by atoms with Crippen LogP contribution in [0, 0.1) is 11.3 Å². The molecule has 1 aromatic heterocycles. The van der Waals surface area contributed by atoms with Gasteiger partial charge in [-0.2, -0.15) is 5.26 Å². The molecule has 0 amide bonds. The Kier molecular flexibility index (Phi) is 4.57. The summed E-state index contributed by atoms with van der Waals surface area (Å²) in [5.74, 6) is 0.838. The highest BCUT2D eigenvalue weighted by atomic mass is 16.5. The molecule has 1 aliphatic rings. The molecule has 3 N–H and O–H groups in total. The highest BCUT2D eigenvalue weighted by molar-refractivity contribution is 5.87. The van der Waals surface area contributed by atoms with E-state index < -0.39 is 5.92 Å². The van der Waals surface area contributed by atoms with E-state index in [-0.39, 0.29) is 5.88 Å². The Morgan fingerprint density at radius 2 is 1.87 bits per heavy atom. The van der Waals surface area contributed by atoms with Gasteiger partial charge in [-0.1, -0.05) is 48.5 Å². The van der Waals surface area contributed by atoms with Crippen LogP contribution in [0.3, 0.4) is 0 Å². The number of H-pyrrole nitrogens is 1. The van der Waals surface area contributed by atoms with Crippen molar-refractivity contribution in [2.75, 3.05) is 6.61 Å². The van der Waals surface area contributed by atoms with E-state index in [9.17, 15) is 5.26 Å². The number of allylic oxidation sites excluding steroid dienone is 1. The van der Waals surface area contributed by atoms with Gasteiger partial charge in [-0.15, -0.1) is 5.10 Å². The summed E-state index contributed by atoms with van der Waals surface area (Å²) in [5, 5.41) is 19.6. The number of nitrogens with zero attached hydrogens (tertiary/aromatic N) is 2. The molecule has 0 bridgehead atoms. The molecule has 1 atom stereocenters. The third-order valence-corrected chi connectivity index (χ3v) is 5.50. The number of aromatic amines is 1. The molecule has 2 heterocycles. The smallest absolute Gasteiger partial charge is 0.244 e. The number of nitriles is 1. The van der Waals surface area contributed by atoms with Crippen molar-refractivity contribution in [3.05, 3.63) is 89.3 Å². The van der Waals surface area contributed by atoms with Gasteiger partial charge in [-0.3, -0.25) is 5.10 Å². The van der Waals surface area contributed by atoms with Gasteiger partial charge in [0.05, 0.1) is 23.8 Å². The van der Waals surface area contributed by atoms with Crippen molar-refractivity contribution in [3.63, 3.8) is 0 Å². The van der Waals surface area contributed by atoms with Crippen LogP contribution in [0.1, 0.15) is 24.0 Å². The lowest BCUT2D eigenvalue weighted by Crippen LogP contribution is -2.21. The molecule has 6 nitrogen and oxygen atoms in total. The van der Waals surface area contributed by atoms with Crippen LogP contribution in [0.25, 0.3) is 22.0 Å². The monoisotopic (exact) mass is 408 g/mol. The van der Waals surface area contributed by atoms with Gasteiger partial charge in [-0.05, 0) is 41.5 Å². The fourth-order valence-electron chi connectivity index (χ4n) is 4.07. The largest absolute Gasteiger partial charge is 0.494 e. The van der Waals surface area contributed by atoms with E-state index in [1.165, 1.54) is 0 Å². The third kappa shape index (κ3) is 3.17. The van der Waals surface area contributed by atoms with Crippen molar-refractivity contribution in [1.82, 2.24) is 10.2 Å². The van der Waals surface area contributed by atoms with Crippen molar-refractivity contribution < 1.29 is 9.47 Å². The molecule has 5 rings (SSSR count). The van der Waals surface area contributed by atoms with Gasteiger partial charge in [0.2, 0.25) is 11.8 Å². The lowest BCUT2D eigenvalue weighted by Gasteiger charge is -2.24. The second kappa shape index (κ2) is 7.54. The van der Waals surface area contributed by atoms with Crippen LogP contribution in [-0.2, 0) is 0 Å². The van der Waals surface area contributed by atoms with Crippen LogP contribution in [0.4, 0.5) is 0 Å². The van der Waals surface area contributed by atoms with Crippen LogP contribution in [0.15, 0.2) is 78.2 Å². The molecule has 1 aliphatic heterocycles. The molecule has 0 spiro atoms. The molecule has 1 unspecified atom stereocenters. The zero-order valence-corrected chi connectivity index (χ0v) is 16.9. The van der Waals surface area contributed by atoms with E-state index in [1.54, 1.807) is 0 Å². The minimum atomic E-state index is -0.398. The molecule has 0 saturated heterocycles. The summed E-state index contributed by atoms with van der Waals surface area (Å²) in [6.45, 7) is 2.53. The first-order valence-corrected chi connectivity index (χ1v) is 10.1. The lowest BCUT2D eigenvalue weighted by molar-refractivity contribution is 0.340. The highest BCUT2D eigenvalue weighted by Gasteiger charge is 2.35. The quantitative estimate of drug-likeness (QED) is 0.503. The molecule has 0 saturated carbocycles. The Hall–Kier alpha value is -4.24.